The Hall–Kier alpha value is -1.57. The Kier molecular flexibility index (Phi) is 4.19. The Morgan fingerprint density at radius 2 is 1.28 bits per heavy atom. The molecule has 0 atom stereocenters. The SMILES string of the molecule is O=C(Cl)c1ccc(C=Cc2ccc(Cl)cc2)cc1. The summed E-state index contributed by atoms with van der Waals surface area (Å²) >= 11 is 11.2. The number of carbonyl (C=O) groups excluding carboxylic acids is 1. The summed E-state index contributed by atoms with van der Waals surface area (Å²) in [6.45, 7) is 0. The number of benzene rings is 2. The van der Waals surface area contributed by atoms with Crippen molar-refractivity contribution in [3.63, 3.8) is 0 Å². The lowest BCUT2D eigenvalue weighted by molar-refractivity contribution is 0.108. The Morgan fingerprint density at radius 3 is 1.72 bits per heavy atom. The first-order valence-corrected chi connectivity index (χ1v) is 6.14. The van der Waals surface area contributed by atoms with Crippen LogP contribution >= 0.6 is 23.2 Å². The van der Waals surface area contributed by atoms with Crippen LogP contribution in [0.2, 0.25) is 5.02 Å². The van der Waals surface area contributed by atoms with Gasteiger partial charge in [-0.2, -0.15) is 0 Å². The average molecular weight is 277 g/mol. The van der Waals surface area contributed by atoms with Crippen LogP contribution in [-0.4, -0.2) is 5.24 Å². The van der Waals surface area contributed by atoms with Crippen LogP contribution in [0.4, 0.5) is 0 Å². The van der Waals surface area contributed by atoms with E-state index in [4.69, 9.17) is 23.2 Å². The van der Waals surface area contributed by atoms with Gasteiger partial charge in [0.2, 0.25) is 0 Å². The quantitative estimate of drug-likeness (QED) is 0.576. The molecule has 0 aliphatic carbocycles. The molecule has 0 aromatic heterocycles. The summed E-state index contributed by atoms with van der Waals surface area (Å²) in [6, 6.07) is 14.7. The van der Waals surface area contributed by atoms with Crippen LogP contribution in [0.5, 0.6) is 0 Å². The number of hydrogen-bond acceptors (Lipinski definition) is 1. The second-order valence-corrected chi connectivity index (χ2v) is 4.56. The third-order valence-corrected chi connectivity index (χ3v) is 2.95. The largest absolute Gasteiger partial charge is 0.276 e. The molecule has 0 spiro atoms. The van der Waals surface area contributed by atoms with E-state index in [1.807, 2.05) is 48.6 Å². The van der Waals surface area contributed by atoms with Gasteiger partial charge in [-0.05, 0) is 47.0 Å². The fraction of sp³-hybridized carbons (Fsp3) is 0. The van der Waals surface area contributed by atoms with Crippen LogP contribution in [0.1, 0.15) is 21.5 Å². The summed E-state index contributed by atoms with van der Waals surface area (Å²) in [4.78, 5) is 10.9. The third kappa shape index (κ3) is 3.46. The zero-order valence-electron chi connectivity index (χ0n) is 9.44. The predicted octanol–water partition coefficient (Wildman–Crippen LogP) is 4.89. The molecule has 18 heavy (non-hydrogen) atoms. The molecule has 0 N–H and O–H groups in total. The van der Waals surface area contributed by atoms with Crippen LogP contribution in [0.15, 0.2) is 48.5 Å². The van der Waals surface area contributed by atoms with Crippen molar-refractivity contribution in [2.75, 3.05) is 0 Å². The van der Waals surface area contributed by atoms with E-state index in [1.54, 1.807) is 12.1 Å². The van der Waals surface area contributed by atoms with Gasteiger partial charge in [-0.1, -0.05) is 48.0 Å². The molecular weight excluding hydrogens is 267 g/mol. The van der Waals surface area contributed by atoms with Crippen LogP contribution in [0.25, 0.3) is 12.2 Å². The normalized spacial score (nSPS) is 10.8. The second-order valence-electron chi connectivity index (χ2n) is 3.78. The standard InChI is InChI=1S/C15H10Cl2O/c16-14-9-5-12(6-10-14)2-1-11-3-7-13(8-4-11)15(17)18/h1-10H. The van der Waals surface area contributed by atoms with E-state index in [0.29, 0.717) is 5.56 Å². The molecule has 1 nitrogen and oxygen atoms in total. The lowest BCUT2D eigenvalue weighted by Crippen LogP contribution is -1.87. The highest BCUT2D eigenvalue weighted by atomic mass is 35.5. The maximum atomic E-state index is 10.9. The fourth-order valence-electron chi connectivity index (χ4n) is 1.49. The molecule has 0 bridgehead atoms. The highest BCUT2D eigenvalue weighted by Crippen LogP contribution is 2.13. The Labute approximate surface area is 116 Å². The smallest absolute Gasteiger partial charge is 0.252 e. The van der Waals surface area contributed by atoms with Crippen molar-refractivity contribution in [2.45, 2.75) is 0 Å². The minimum atomic E-state index is -0.441. The Morgan fingerprint density at radius 1 is 0.833 bits per heavy atom. The molecule has 2 rings (SSSR count). The molecular formula is C15H10Cl2O. The lowest BCUT2D eigenvalue weighted by atomic mass is 10.1. The van der Waals surface area contributed by atoms with Gasteiger partial charge in [0, 0.05) is 10.6 Å². The van der Waals surface area contributed by atoms with Crippen molar-refractivity contribution in [3.8, 4) is 0 Å². The van der Waals surface area contributed by atoms with Crippen LogP contribution in [-0.2, 0) is 0 Å². The molecule has 0 aliphatic rings. The van der Waals surface area contributed by atoms with Gasteiger partial charge in [0.1, 0.15) is 0 Å². The molecule has 0 unspecified atom stereocenters. The molecule has 0 fully saturated rings. The monoisotopic (exact) mass is 276 g/mol. The first-order valence-electron chi connectivity index (χ1n) is 5.39. The van der Waals surface area contributed by atoms with Gasteiger partial charge < -0.3 is 0 Å². The van der Waals surface area contributed by atoms with Gasteiger partial charge in [-0.25, -0.2) is 0 Å². The highest BCUT2D eigenvalue weighted by Gasteiger charge is 1.99. The maximum absolute atomic E-state index is 10.9. The number of carbonyl (C=O) groups is 1. The van der Waals surface area contributed by atoms with E-state index in [0.717, 1.165) is 16.1 Å². The van der Waals surface area contributed by atoms with E-state index < -0.39 is 5.24 Å². The molecule has 0 amide bonds. The van der Waals surface area contributed by atoms with Crippen molar-refractivity contribution >= 4 is 40.6 Å². The first-order chi connectivity index (χ1) is 8.65. The van der Waals surface area contributed by atoms with Gasteiger partial charge in [-0.15, -0.1) is 0 Å². The van der Waals surface area contributed by atoms with E-state index in [9.17, 15) is 4.79 Å². The van der Waals surface area contributed by atoms with Crippen molar-refractivity contribution in [3.05, 3.63) is 70.2 Å². The van der Waals surface area contributed by atoms with Gasteiger partial charge in [0.15, 0.2) is 0 Å². The molecule has 3 heteroatoms. The Balaban J connectivity index is 2.13. The minimum absolute atomic E-state index is 0.441. The number of halogens is 2. The molecule has 0 aliphatic heterocycles. The van der Waals surface area contributed by atoms with Gasteiger partial charge in [0.05, 0.1) is 0 Å². The van der Waals surface area contributed by atoms with E-state index in [-0.39, 0.29) is 0 Å². The van der Waals surface area contributed by atoms with E-state index >= 15 is 0 Å². The topological polar surface area (TPSA) is 17.1 Å². The first kappa shape index (κ1) is 12.9. The average Bonchev–Trinajstić information content (AvgIpc) is 2.38. The molecule has 0 radical (unpaired) electrons. The van der Waals surface area contributed by atoms with Gasteiger partial charge >= 0.3 is 0 Å². The second kappa shape index (κ2) is 5.85. The molecule has 2 aromatic rings. The number of hydrogen-bond donors (Lipinski definition) is 0. The summed E-state index contributed by atoms with van der Waals surface area (Å²) < 4.78 is 0. The molecule has 0 saturated carbocycles. The fourth-order valence-corrected chi connectivity index (χ4v) is 1.74. The molecule has 0 saturated heterocycles. The highest BCUT2D eigenvalue weighted by molar-refractivity contribution is 6.67. The van der Waals surface area contributed by atoms with Crippen LogP contribution < -0.4 is 0 Å². The summed E-state index contributed by atoms with van der Waals surface area (Å²) in [6.07, 6.45) is 3.94. The van der Waals surface area contributed by atoms with Crippen molar-refractivity contribution in [1.82, 2.24) is 0 Å². The molecule has 2 aromatic carbocycles. The summed E-state index contributed by atoms with van der Waals surface area (Å²) in [7, 11) is 0. The van der Waals surface area contributed by atoms with Gasteiger partial charge in [-0.3, -0.25) is 4.79 Å². The zero-order chi connectivity index (χ0) is 13.0. The zero-order valence-corrected chi connectivity index (χ0v) is 10.9. The van der Waals surface area contributed by atoms with E-state index in [1.165, 1.54) is 0 Å². The van der Waals surface area contributed by atoms with Gasteiger partial charge in [0.25, 0.3) is 5.24 Å². The van der Waals surface area contributed by atoms with Crippen molar-refractivity contribution < 1.29 is 4.79 Å². The van der Waals surface area contributed by atoms with E-state index in [2.05, 4.69) is 0 Å². The predicted molar refractivity (Wildman–Crippen MR) is 77.0 cm³/mol. The van der Waals surface area contributed by atoms with Crippen LogP contribution in [0, 0.1) is 0 Å². The summed E-state index contributed by atoms with van der Waals surface area (Å²) in [5.74, 6) is 0. The third-order valence-electron chi connectivity index (χ3n) is 2.48. The lowest BCUT2D eigenvalue weighted by Gasteiger charge is -1.97. The van der Waals surface area contributed by atoms with Crippen LogP contribution in [0.3, 0.4) is 0 Å². The van der Waals surface area contributed by atoms with Crippen molar-refractivity contribution in [1.29, 1.82) is 0 Å². The number of rotatable bonds is 3. The minimum Gasteiger partial charge on any atom is -0.276 e. The van der Waals surface area contributed by atoms with Crippen molar-refractivity contribution in [2.24, 2.45) is 0 Å². The maximum Gasteiger partial charge on any atom is 0.252 e. The molecule has 90 valence electrons. The Bertz CT molecular complexity index is 568. The summed E-state index contributed by atoms with van der Waals surface area (Å²) in [5, 5.41) is 0.278. The summed E-state index contributed by atoms with van der Waals surface area (Å²) in [5.41, 5.74) is 2.57. The molecule has 0 heterocycles.